The number of hydrogen-bond donors (Lipinski definition) is 2. The number of ether oxygens (including phenoxy) is 2. The highest BCUT2D eigenvalue weighted by Crippen LogP contribution is 2.49. The van der Waals surface area contributed by atoms with Crippen LogP contribution < -0.4 is 29.9 Å². The Morgan fingerprint density at radius 2 is 1.21 bits per heavy atom. The molecule has 9 rings (SSSR count). The topological polar surface area (TPSA) is 101 Å². The van der Waals surface area contributed by atoms with Crippen molar-refractivity contribution in [2.24, 2.45) is 0 Å². The summed E-state index contributed by atoms with van der Waals surface area (Å²) in [6, 6.07) is 24.6. The van der Waals surface area contributed by atoms with E-state index < -0.39 is 5.92 Å². The fraction of sp³-hybridized carbons (Fsp3) is 0.364. The van der Waals surface area contributed by atoms with Gasteiger partial charge in [-0.1, -0.05) is 36.4 Å². The summed E-state index contributed by atoms with van der Waals surface area (Å²) in [6.07, 6.45) is 5.24. The van der Waals surface area contributed by atoms with E-state index in [0.717, 1.165) is 59.7 Å². The highest BCUT2D eigenvalue weighted by molar-refractivity contribution is 5.93. The third-order valence-electron chi connectivity index (χ3n) is 11.1. The van der Waals surface area contributed by atoms with Gasteiger partial charge in [-0.2, -0.15) is 9.97 Å². The Hall–Kier alpha value is -5.92. The number of nitrogens with zero attached hydrogens (tertiary/aromatic N) is 6. The summed E-state index contributed by atoms with van der Waals surface area (Å²) in [5, 5.41) is 8.68. The maximum atomic E-state index is 13.6. The van der Waals surface area contributed by atoms with Crippen LogP contribution in [0, 0.1) is 11.6 Å². The third-order valence-corrected chi connectivity index (χ3v) is 11.1. The fourth-order valence-corrected chi connectivity index (χ4v) is 7.54. The number of piperidine rings is 2. The molecule has 2 N–H and O–H groups in total. The highest BCUT2D eigenvalue weighted by Gasteiger charge is 2.45. The Kier molecular flexibility index (Phi) is 11.1. The average Bonchev–Trinajstić information content (AvgIpc) is 4.03. The van der Waals surface area contributed by atoms with Crippen LogP contribution in [0.1, 0.15) is 56.1 Å². The number of halogens is 4. The second-order valence-corrected chi connectivity index (χ2v) is 15.1. The van der Waals surface area contributed by atoms with Gasteiger partial charge >= 0.3 is 0 Å². The van der Waals surface area contributed by atoms with E-state index in [1.54, 1.807) is 36.3 Å². The molecule has 4 heterocycles. The molecule has 3 fully saturated rings. The summed E-state index contributed by atoms with van der Waals surface area (Å²) in [5.74, 6) is 0.455. The largest absolute Gasteiger partial charge is 0.493 e. The van der Waals surface area contributed by atoms with Crippen LogP contribution in [-0.2, 0) is 12.1 Å². The van der Waals surface area contributed by atoms with Gasteiger partial charge < -0.3 is 29.9 Å². The first-order valence-corrected chi connectivity index (χ1v) is 19.7. The zero-order valence-corrected chi connectivity index (χ0v) is 32.6. The molecule has 302 valence electrons. The maximum Gasteiger partial charge on any atom is 0.251 e. The minimum Gasteiger partial charge on any atom is -0.493 e. The maximum absolute atomic E-state index is 13.6. The number of aromatic nitrogens is 4. The zero-order chi connectivity index (χ0) is 40.3. The number of hydrogen-bond acceptors (Lipinski definition) is 10. The van der Waals surface area contributed by atoms with E-state index in [9.17, 15) is 17.6 Å². The first-order chi connectivity index (χ1) is 28.1. The van der Waals surface area contributed by atoms with Crippen molar-refractivity contribution in [1.29, 1.82) is 0 Å². The average molecular weight is 795 g/mol. The molecule has 1 aliphatic carbocycles. The molecule has 3 aliphatic rings. The summed E-state index contributed by atoms with van der Waals surface area (Å²) in [5.41, 5.74) is 3.40. The van der Waals surface area contributed by atoms with Crippen molar-refractivity contribution in [2.75, 3.05) is 60.8 Å². The predicted molar refractivity (Wildman–Crippen MR) is 219 cm³/mol. The van der Waals surface area contributed by atoms with Crippen LogP contribution >= 0.6 is 0 Å². The van der Waals surface area contributed by atoms with E-state index in [-0.39, 0.29) is 43.1 Å². The molecule has 14 heteroatoms. The van der Waals surface area contributed by atoms with Crippen molar-refractivity contribution in [3.05, 3.63) is 108 Å². The second kappa shape index (κ2) is 16.5. The number of rotatable bonds is 10. The number of alkyl halides is 2. The number of benzene rings is 4. The van der Waals surface area contributed by atoms with Crippen LogP contribution in [-0.4, -0.2) is 66.3 Å². The minimum absolute atomic E-state index is 0.149. The number of methoxy groups -OCH3 is 2. The number of anilines is 4. The molecule has 2 aromatic heterocycles. The number of fused-ring (bicyclic) bond motifs is 2. The normalized spacial score (nSPS) is 17.0. The molecule has 6 aromatic rings. The quantitative estimate of drug-likeness (QED) is 0.131. The molecule has 0 unspecified atom stereocenters. The van der Waals surface area contributed by atoms with E-state index in [4.69, 9.17) is 19.4 Å². The van der Waals surface area contributed by atoms with Crippen molar-refractivity contribution >= 4 is 45.3 Å². The van der Waals surface area contributed by atoms with Gasteiger partial charge in [-0.25, -0.2) is 27.5 Å². The van der Waals surface area contributed by atoms with Gasteiger partial charge in [0.05, 0.1) is 30.8 Å². The molecule has 58 heavy (non-hydrogen) atoms. The molecule has 10 nitrogen and oxygen atoms in total. The van der Waals surface area contributed by atoms with E-state index >= 15 is 0 Å². The highest BCUT2D eigenvalue weighted by atomic mass is 19.3. The van der Waals surface area contributed by atoms with Crippen molar-refractivity contribution in [3.8, 4) is 11.5 Å². The molecule has 0 atom stereocenters. The molecule has 0 bridgehead atoms. The lowest BCUT2D eigenvalue weighted by Crippen LogP contribution is -2.40. The van der Waals surface area contributed by atoms with E-state index in [1.807, 2.05) is 30.3 Å². The van der Waals surface area contributed by atoms with Crippen LogP contribution in [0.25, 0.3) is 21.8 Å². The number of nitrogens with one attached hydrogen (secondary N) is 2. The standard InChI is InChI=1S/C22H23F3N4O2.C22H23FN4/c1-30-18-11-16-17(12-19(18)31-2)27-21(29-9-7-22(24,25)8-10-29)28-20(16)26-13-14-3-5-15(23)6-4-14;23-17-10-8-16(9-11-17)22(12-13-22)26-20-18-6-2-3-7-19(18)24-21(25-20)27-14-4-1-5-15-27/h3-6,11-12H,7-10,13H2,1-2H3,(H,26,27,28);2-3,6-11H,1,4-5,12-15H2,(H,24,25,26). The molecule has 0 amide bonds. The van der Waals surface area contributed by atoms with Gasteiger partial charge in [-0.05, 0) is 85.7 Å². The Morgan fingerprint density at radius 1 is 0.621 bits per heavy atom. The van der Waals surface area contributed by atoms with Gasteiger partial charge in [0.2, 0.25) is 11.9 Å². The molecule has 2 aliphatic heterocycles. The Morgan fingerprint density at radius 3 is 1.86 bits per heavy atom. The van der Waals surface area contributed by atoms with Crippen LogP contribution in [0.4, 0.5) is 41.1 Å². The van der Waals surface area contributed by atoms with Crippen molar-refractivity contribution in [2.45, 2.75) is 63.0 Å². The second-order valence-electron chi connectivity index (χ2n) is 15.1. The van der Waals surface area contributed by atoms with Crippen LogP contribution in [0.15, 0.2) is 84.9 Å². The molecular formula is C44H46F4N8O2. The minimum atomic E-state index is -2.66. The molecule has 0 spiro atoms. The fourth-order valence-electron chi connectivity index (χ4n) is 7.54. The Balaban J connectivity index is 0.000000163. The van der Waals surface area contributed by atoms with Crippen LogP contribution in [0.3, 0.4) is 0 Å². The molecule has 1 saturated carbocycles. The summed E-state index contributed by atoms with van der Waals surface area (Å²) >= 11 is 0. The zero-order valence-electron chi connectivity index (χ0n) is 32.6. The van der Waals surface area contributed by atoms with E-state index in [1.165, 1.54) is 50.6 Å². The first-order valence-electron chi connectivity index (χ1n) is 19.7. The summed E-state index contributed by atoms with van der Waals surface area (Å²) in [4.78, 5) is 23.0. The van der Waals surface area contributed by atoms with Gasteiger partial charge in [0, 0.05) is 62.4 Å². The smallest absolute Gasteiger partial charge is 0.251 e. The first kappa shape index (κ1) is 38.9. The third kappa shape index (κ3) is 8.65. The molecular weight excluding hydrogens is 749 g/mol. The van der Waals surface area contributed by atoms with Gasteiger partial charge in [-0.15, -0.1) is 0 Å². The summed E-state index contributed by atoms with van der Waals surface area (Å²) in [7, 11) is 3.07. The van der Waals surface area contributed by atoms with E-state index in [0.29, 0.717) is 40.7 Å². The molecule has 0 radical (unpaired) electrons. The molecule has 4 aromatic carbocycles. The van der Waals surface area contributed by atoms with Crippen molar-refractivity contribution in [3.63, 3.8) is 0 Å². The predicted octanol–water partition coefficient (Wildman–Crippen LogP) is 9.49. The van der Waals surface area contributed by atoms with Gasteiger partial charge in [0.25, 0.3) is 5.92 Å². The van der Waals surface area contributed by atoms with Crippen LogP contribution in [0.2, 0.25) is 0 Å². The summed E-state index contributed by atoms with van der Waals surface area (Å²) in [6.45, 7) is 2.77. The Labute approximate surface area is 334 Å². The van der Waals surface area contributed by atoms with Crippen molar-refractivity contribution in [1.82, 2.24) is 19.9 Å². The lowest BCUT2D eigenvalue weighted by molar-refractivity contribution is -0.0222. The van der Waals surface area contributed by atoms with Gasteiger partial charge in [-0.3, -0.25) is 0 Å². The van der Waals surface area contributed by atoms with Crippen molar-refractivity contribution < 1.29 is 27.0 Å². The van der Waals surface area contributed by atoms with E-state index in [2.05, 4.69) is 31.6 Å². The lowest BCUT2D eigenvalue weighted by atomic mass is 10.0. The number of para-hydroxylation sites is 1. The monoisotopic (exact) mass is 794 g/mol. The SMILES string of the molecule is COc1cc2nc(N3CCC(F)(F)CC3)nc(NCc3ccc(F)cc3)c2cc1OC.Fc1ccc(C2(Nc3nc(N4CCCCC4)nc4ccccc34)CC2)cc1. The van der Waals surface area contributed by atoms with Gasteiger partial charge in [0.1, 0.15) is 23.3 Å². The van der Waals surface area contributed by atoms with Crippen LogP contribution in [0.5, 0.6) is 11.5 Å². The summed E-state index contributed by atoms with van der Waals surface area (Å²) < 4.78 is 64.5. The van der Waals surface area contributed by atoms with Gasteiger partial charge in [0.15, 0.2) is 11.5 Å². The Bertz CT molecular complexity index is 2360. The molecule has 2 saturated heterocycles. The lowest BCUT2D eigenvalue weighted by Gasteiger charge is -2.32.